The minimum atomic E-state index is -0.366. The first kappa shape index (κ1) is 12.3. The van der Waals surface area contributed by atoms with Gasteiger partial charge in [-0.05, 0) is 31.5 Å². The summed E-state index contributed by atoms with van der Waals surface area (Å²) >= 11 is 0. The molecule has 0 radical (unpaired) electrons. The first-order valence-corrected chi connectivity index (χ1v) is 6.52. The molecule has 0 bridgehead atoms. The Morgan fingerprint density at radius 2 is 2.21 bits per heavy atom. The van der Waals surface area contributed by atoms with Crippen molar-refractivity contribution in [3.63, 3.8) is 0 Å². The number of ether oxygens (including phenoxy) is 2. The number of nitrogens with zero attached hydrogens (tertiary/aromatic N) is 1. The van der Waals surface area contributed by atoms with E-state index in [9.17, 15) is 9.90 Å². The molecule has 3 rings (SSSR count). The zero-order valence-corrected chi connectivity index (χ0v) is 10.8. The number of rotatable bonds is 2. The van der Waals surface area contributed by atoms with Crippen LogP contribution in [0.5, 0.6) is 11.5 Å². The Kier molecular flexibility index (Phi) is 3.06. The lowest BCUT2D eigenvalue weighted by Gasteiger charge is -2.17. The minimum absolute atomic E-state index is 0.0125. The lowest BCUT2D eigenvalue weighted by atomic mass is 10.0. The number of hydrogen-bond acceptors (Lipinski definition) is 4. The van der Waals surface area contributed by atoms with Gasteiger partial charge in [0.25, 0.3) is 5.91 Å². The van der Waals surface area contributed by atoms with Crippen molar-refractivity contribution in [2.24, 2.45) is 5.92 Å². The van der Waals surface area contributed by atoms with Crippen molar-refractivity contribution in [1.82, 2.24) is 4.90 Å². The quantitative estimate of drug-likeness (QED) is 0.872. The summed E-state index contributed by atoms with van der Waals surface area (Å²) in [6.07, 6.45) is 0.489. The molecule has 1 aromatic rings. The predicted octanol–water partition coefficient (Wildman–Crippen LogP) is 1.26. The van der Waals surface area contributed by atoms with E-state index >= 15 is 0 Å². The highest BCUT2D eigenvalue weighted by molar-refractivity contribution is 5.95. The molecule has 2 aliphatic heterocycles. The third-order valence-corrected chi connectivity index (χ3v) is 3.81. The molecule has 2 heterocycles. The second-order valence-electron chi connectivity index (χ2n) is 5.11. The van der Waals surface area contributed by atoms with Gasteiger partial charge in [-0.25, -0.2) is 0 Å². The SMILES string of the molecule is CC(O)C1CCN(C(=O)c2ccc3c(c2)OCO3)C1. The van der Waals surface area contributed by atoms with Gasteiger partial charge < -0.3 is 19.5 Å². The molecule has 1 aromatic carbocycles. The highest BCUT2D eigenvalue weighted by atomic mass is 16.7. The van der Waals surface area contributed by atoms with Gasteiger partial charge in [0.2, 0.25) is 6.79 Å². The van der Waals surface area contributed by atoms with E-state index in [1.165, 1.54) is 0 Å². The molecule has 19 heavy (non-hydrogen) atoms. The van der Waals surface area contributed by atoms with Crippen LogP contribution in [0.25, 0.3) is 0 Å². The van der Waals surface area contributed by atoms with Gasteiger partial charge in [0.1, 0.15) is 0 Å². The molecule has 5 nitrogen and oxygen atoms in total. The summed E-state index contributed by atoms with van der Waals surface area (Å²) in [6, 6.07) is 5.24. The van der Waals surface area contributed by atoms with Gasteiger partial charge >= 0.3 is 0 Å². The number of benzene rings is 1. The van der Waals surface area contributed by atoms with E-state index < -0.39 is 0 Å². The lowest BCUT2D eigenvalue weighted by molar-refractivity contribution is 0.0762. The van der Waals surface area contributed by atoms with Gasteiger partial charge in [-0.1, -0.05) is 0 Å². The molecule has 2 unspecified atom stereocenters. The minimum Gasteiger partial charge on any atom is -0.454 e. The van der Waals surface area contributed by atoms with Gasteiger partial charge in [0, 0.05) is 24.6 Å². The number of carbonyl (C=O) groups excluding carboxylic acids is 1. The van der Waals surface area contributed by atoms with Crippen LogP contribution in [0.2, 0.25) is 0 Å². The molecule has 2 aliphatic rings. The Balaban J connectivity index is 1.74. The van der Waals surface area contributed by atoms with Crippen LogP contribution < -0.4 is 9.47 Å². The number of likely N-dealkylation sites (tertiary alicyclic amines) is 1. The number of aliphatic hydroxyl groups is 1. The summed E-state index contributed by atoms with van der Waals surface area (Å²) in [5.74, 6) is 1.47. The van der Waals surface area contributed by atoms with Crippen molar-refractivity contribution < 1.29 is 19.4 Å². The second-order valence-corrected chi connectivity index (χ2v) is 5.11. The smallest absolute Gasteiger partial charge is 0.254 e. The van der Waals surface area contributed by atoms with Crippen LogP contribution in [0.15, 0.2) is 18.2 Å². The summed E-state index contributed by atoms with van der Waals surface area (Å²) in [5, 5.41) is 9.57. The van der Waals surface area contributed by atoms with Crippen molar-refractivity contribution in [2.45, 2.75) is 19.4 Å². The lowest BCUT2D eigenvalue weighted by Crippen LogP contribution is -2.30. The Morgan fingerprint density at radius 1 is 1.42 bits per heavy atom. The summed E-state index contributed by atoms with van der Waals surface area (Å²) < 4.78 is 10.5. The number of fused-ring (bicyclic) bond motifs is 1. The predicted molar refractivity (Wildman–Crippen MR) is 68.3 cm³/mol. The number of amides is 1. The molecule has 5 heteroatoms. The van der Waals surface area contributed by atoms with E-state index in [0.717, 1.165) is 6.42 Å². The molecule has 0 saturated carbocycles. The fraction of sp³-hybridized carbons (Fsp3) is 0.500. The maximum atomic E-state index is 12.4. The molecule has 1 fully saturated rings. The van der Waals surface area contributed by atoms with E-state index in [0.29, 0.717) is 30.2 Å². The zero-order chi connectivity index (χ0) is 13.4. The van der Waals surface area contributed by atoms with Crippen LogP contribution in [0.4, 0.5) is 0 Å². The summed E-state index contributed by atoms with van der Waals surface area (Å²) in [7, 11) is 0. The molecule has 0 spiro atoms. The van der Waals surface area contributed by atoms with Crippen LogP contribution in [-0.2, 0) is 0 Å². The Bertz CT molecular complexity index is 500. The monoisotopic (exact) mass is 263 g/mol. The molecule has 1 N–H and O–H groups in total. The van der Waals surface area contributed by atoms with Crippen LogP contribution in [0.1, 0.15) is 23.7 Å². The van der Waals surface area contributed by atoms with E-state index in [-0.39, 0.29) is 24.7 Å². The molecule has 102 valence electrons. The van der Waals surface area contributed by atoms with Gasteiger partial charge in [-0.3, -0.25) is 4.79 Å². The van der Waals surface area contributed by atoms with Gasteiger partial charge in [-0.15, -0.1) is 0 Å². The van der Waals surface area contributed by atoms with Gasteiger partial charge in [0.15, 0.2) is 11.5 Å². The van der Waals surface area contributed by atoms with Crippen molar-refractivity contribution >= 4 is 5.91 Å². The van der Waals surface area contributed by atoms with Crippen molar-refractivity contribution in [3.05, 3.63) is 23.8 Å². The average molecular weight is 263 g/mol. The summed E-state index contributed by atoms with van der Waals surface area (Å²) in [6.45, 7) is 3.30. The highest BCUT2D eigenvalue weighted by Gasteiger charge is 2.30. The van der Waals surface area contributed by atoms with E-state index in [1.807, 2.05) is 0 Å². The Morgan fingerprint density at radius 3 is 2.95 bits per heavy atom. The maximum Gasteiger partial charge on any atom is 0.254 e. The van der Waals surface area contributed by atoms with E-state index in [1.54, 1.807) is 30.0 Å². The molecule has 0 aliphatic carbocycles. The second kappa shape index (κ2) is 4.74. The van der Waals surface area contributed by atoms with Gasteiger partial charge in [-0.2, -0.15) is 0 Å². The largest absolute Gasteiger partial charge is 0.454 e. The van der Waals surface area contributed by atoms with Crippen molar-refractivity contribution in [1.29, 1.82) is 0 Å². The van der Waals surface area contributed by atoms with Crippen LogP contribution in [0, 0.1) is 5.92 Å². The first-order valence-electron chi connectivity index (χ1n) is 6.52. The Labute approximate surface area is 111 Å². The fourth-order valence-corrected chi connectivity index (χ4v) is 2.58. The fourth-order valence-electron chi connectivity index (χ4n) is 2.58. The van der Waals surface area contributed by atoms with E-state index in [2.05, 4.69) is 0 Å². The van der Waals surface area contributed by atoms with Crippen LogP contribution in [-0.4, -0.2) is 41.9 Å². The molecular formula is C14H17NO4. The number of hydrogen-bond donors (Lipinski definition) is 1. The summed E-state index contributed by atoms with van der Waals surface area (Å²) in [5.41, 5.74) is 0.607. The topological polar surface area (TPSA) is 59.0 Å². The summed E-state index contributed by atoms with van der Waals surface area (Å²) in [4.78, 5) is 14.1. The van der Waals surface area contributed by atoms with Gasteiger partial charge in [0.05, 0.1) is 6.10 Å². The normalized spacial score (nSPS) is 22.6. The number of carbonyl (C=O) groups is 1. The van der Waals surface area contributed by atoms with E-state index in [4.69, 9.17) is 9.47 Å². The molecule has 0 aromatic heterocycles. The standard InChI is InChI=1S/C14H17NO4/c1-9(16)11-4-5-15(7-11)14(17)10-2-3-12-13(6-10)19-8-18-12/h2-3,6,9,11,16H,4-5,7-8H2,1H3. The van der Waals surface area contributed by atoms with Crippen molar-refractivity contribution in [3.8, 4) is 11.5 Å². The van der Waals surface area contributed by atoms with Crippen molar-refractivity contribution in [2.75, 3.05) is 19.9 Å². The van der Waals surface area contributed by atoms with Crippen LogP contribution in [0.3, 0.4) is 0 Å². The molecule has 1 saturated heterocycles. The maximum absolute atomic E-state index is 12.4. The zero-order valence-electron chi connectivity index (χ0n) is 10.8. The Hall–Kier alpha value is -1.75. The molecule has 2 atom stereocenters. The first-order chi connectivity index (χ1) is 9.15. The molecular weight excluding hydrogens is 246 g/mol. The third kappa shape index (κ3) is 2.26. The van der Waals surface area contributed by atoms with Crippen LogP contribution >= 0.6 is 0 Å². The number of aliphatic hydroxyl groups excluding tert-OH is 1. The average Bonchev–Trinajstić information content (AvgIpc) is 3.06. The third-order valence-electron chi connectivity index (χ3n) is 3.81. The molecule has 1 amide bonds. The highest BCUT2D eigenvalue weighted by Crippen LogP contribution is 2.33.